The van der Waals surface area contributed by atoms with Crippen LogP contribution in [0.2, 0.25) is 0 Å². The fourth-order valence-corrected chi connectivity index (χ4v) is 3.03. The van der Waals surface area contributed by atoms with Crippen LogP contribution in [0.1, 0.15) is 50.7 Å². The number of aldehydes is 1. The van der Waals surface area contributed by atoms with Gasteiger partial charge in [-0.05, 0) is 26.3 Å². The fourth-order valence-electron chi connectivity index (χ4n) is 2.09. The van der Waals surface area contributed by atoms with Crippen LogP contribution in [-0.2, 0) is 0 Å². The summed E-state index contributed by atoms with van der Waals surface area (Å²) in [6.07, 6.45) is 13.0. The molecule has 148 valence electrons. The molecule has 0 spiro atoms. The Bertz CT molecular complexity index is 761. The van der Waals surface area contributed by atoms with Gasteiger partial charge in [-0.3, -0.25) is 4.79 Å². The number of hydrogen-bond acceptors (Lipinski definition) is 5. The Balaban J connectivity index is 0.000000838. The monoisotopic (exact) mass is 388 g/mol. The smallest absolute Gasteiger partial charge is 0.162 e. The predicted octanol–water partition coefficient (Wildman–Crippen LogP) is 6.15. The molecule has 0 unspecified atom stereocenters. The summed E-state index contributed by atoms with van der Waals surface area (Å²) in [6.45, 7) is 10.0. The van der Waals surface area contributed by atoms with Crippen molar-refractivity contribution in [2.24, 2.45) is 4.99 Å². The lowest BCUT2D eigenvalue weighted by molar-refractivity contribution is 0.112. The highest BCUT2D eigenvalue weighted by atomic mass is 32.1. The van der Waals surface area contributed by atoms with Crippen LogP contribution in [0.4, 0.5) is 11.4 Å². The number of aromatic nitrogens is 1. The van der Waals surface area contributed by atoms with E-state index in [0.717, 1.165) is 34.3 Å². The standard InChI is InChI=1S/C14H16N4OS.C5H10.C2H6/c1-4-6-15-9-17-13-11(8-19)20-14-12(13)10(18(2)3)5-7-16-14;1-3-5-4-2;1-2/h4-9H,1-3H3,(H,15,17);3,5H,4H2,1-2H3;1-2H3/b6-4+;5-3-;. The highest BCUT2D eigenvalue weighted by Gasteiger charge is 2.16. The number of carbonyl (C=O) groups excluding carboxylic acids is 1. The minimum Gasteiger partial charge on any atom is -0.377 e. The Hall–Kier alpha value is -2.47. The second kappa shape index (κ2) is 14.7. The lowest BCUT2D eigenvalue weighted by Crippen LogP contribution is -2.09. The number of pyridine rings is 1. The molecule has 0 bridgehead atoms. The van der Waals surface area contributed by atoms with Crippen molar-refractivity contribution in [3.05, 3.63) is 41.6 Å². The molecule has 0 saturated heterocycles. The molecule has 0 aliphatic heterocycles. The molecule has 5 nitrogen and oxygen atoms in total. The lowest BCUT2D eigenvalue weighted by atomic mass is 10.2. The number of aliphatic imine (C=N–C) groups is 1. The Morgan fingerprint density at radius 3 is 2.44 bits per heavy atom. The molecule has 0 atom stereocenters. The van der Waals surface area contributed by atoms with Gasteiger partial charge in [-0.15, -0.1) is 11.3 Å². The molecule has 0 amide bonds. The second-order valence-electron chi connectivity index (χ2n) is 5.25. The van der Waals surface area contributed by atoms with E-state index >= 15 is 0 Å². The molecule has 2 aromatic heterocycles. The number of nitrogens with zero attached hydrogens (tertiary/aromatic N) is 3. The molecule has 0 fully saturated rings. The molecule has 0 aliphatic carbocycles. The second-order valence-corrected chi connectivity index (χ2v) is 6.28. The van der Waals surface area contributed by atoms with Crippen molar-refractivity contribution in [1.29, 1.82) is 0 Å². The molecule has 6 heteroatoms. The van der Waals surface area contributed by atoms with Crippen molar-refractivity contribution in [1.82, 2.24) is 4.98 Å². The van der Waals surface area contributed by atoms with Crippen molar-refractivity contribution < 1.29 is 4.79 Å². The molecule has 27 heavy (non-hydrogen) atoms. The largest absolute Gasteiger partial charge is 0.377 e. The molecule has 0 aliphatic rings. The number of carbonyl (C=O) groups is 1. The van der Waals surface area contributed by atoms with E-state index in [1.165, 1.54) is 11.3 Å². The molecule has 2 aromatic rings. The summed E-state index contributed by atoms with van der Waals surface area (Å²) in [4.78, 5) is 23.1. The van der Waals surface area contributed by atoms with Crippen molar-refractivity contribution >= 4 is 45.6 Å². The van der Waals surface area contributed by atoms with Gasteiger partial charge in [-0.25, -0.2) is 9.98 Å². The maximum absolute atomic E-state index is 11.2. The van der Waals surface area contributed by atoms with E-state index in [0.29, 0.717) is 4.88 Å². The van der Waals surface area contributed by atoms with Gasteiger partial charge in [0.05, 0.1) is 28.0 Å². The van der Waals surface area contributed by atoms with Gasteiger partial charge in [-0.2, -0.15) is 0 Å². The van der Waals surface area contributed by atoms with Crippen LogP contribution in [0.15, 0.2) is 41.7 Å². The van der Waals surface area contributed by atoms with Crippen LogP contribution in [0, 0.1) is 0 Å². The summed E-state index contributed by atoms with van der Waals surface area (Å²) < 4.78 is 0. The van der Waals surface area contributed by atoms with Crippen LogP contribution >= 0.6 is 11.3 Å². The highest BCUT2D eigenvalue weighted by molar-refractivity contribution is 7.21. The number of fused-ring (bicyclic) bond motifs is 1. The Morgan fingerprint density at radius 2 is 1.96 bits per heavy atom. The van der Waals surface area contributed by atoms with Gasteiger partial charge in [0.15, 0.2) is 6.29 Å². The number of hydrogen-bond donors (Lipinski definition) is 1. The number of rotatable bonds is 6. The molecular weight excluding hydrogens is 356 g/mol. The summed E-state index contributed by atoms with van der Waals surface area (Å²) in [5, 5.41) is 4.03. The molecule has 1 N–H and O–H groups in total. The Morgan fingerprint density at radius 1 is 1.26 bits per heavy atom. The minimum absolute atomic E-state index is 0.619. The molecular formula is C21H32N4OS. The summed E-state index contributed by atoms with van der Waals surface area (Å²) in [7, 11) is 3.93. The third kappa shape index (κ3) is 7.74. The lowest BCUT2D eigenvalue weighted by Gasteiger charge is -2.14. The van der Waals surface area contributed by atoms with E-state index in [-0.39, 0.29) is 0 Å². The van der Waals surface area contributed by atoms with Crippen LogP contribution in [0.5, 0.6) is 0 Å². The summed E-state index contributed by atoms with van der Waals surface area (Å²) in [5.41, 5.74) is 1.77. The van der Waals surface area contributed by atoms with Gasteiger partial charge < -0.3 is 10.2 Å². The van der Waals surface area contributed by atoms with E-state index < -0.39 is 0 Å². The Kier molecular flexibility index (Phi) is 13.3. The first-order valence-corrected chi connectivity index (χ1v) is 9.96. The SMILES string of the molecule is C/C=C/N=CNc1c(C=O)sc2nccc(N(C)C)c12.C/C=C\CC.CC. The Labute approximate surface area is 167 Å². The summed E-state index contributed by atoms with van der Waals surface area (Å²) in [6, 6.07) is 1.93. The third-order valence-corrected chi connectivity index (χ3v) is 4.20. The quantitative estimate of drug-likeness (QED) is 0.279. The van der Waals surface area contributed by atoms with Crippen LogP contribution in [0.25, 0.3) is 10.2 Å². The maximum Gasteiger partial charge on any atom is 0.162 e. The average Bonchev–Trinajstić information content (AvgIpc) is 3.05. The normalized spacial score (nSPS) is 10.6. The maximum atomic E-state index is 11.2. The summed E-state index contributed by atoms with van der Waals surface area (Å²) >= 11 is 1.37. The van der Waals surface area contributed by atoms with Gasteiger partial charge >= 0.3 is 0 Å². The number of anilines is 2. The topological polar surface area (TPSA) is 57.6 Å². The van der Waals surface area contributed by atoms with E-state index in [1.807, 2.05) is 58.8 Å². The van der Waals surface area contributed by atoms with E-state index in [2.05, 4.69) is 34.4 Å². The average molecular weight is 389 g/mol. The van der Waals surface area contributed by atoms with Crippen molar-refractivity contribution in [3.63, 3.8) is 0 Å². The minimum atomic E-state index is 0.619. The zero-order valence-electron chi connectivity index (χ0n) is 17.5. The number of allylic oxidation sites excluding steroid dienone is 3. The van der Waals surface area contributed by atoms with Crippen molar-refractivity contribution in [3.8, 4) is 0 Å². The highest BCUT2D eigenvalue weighted by Crippen LogP contribution is 2.38. The first-order chi connectivity index (χ1) is 13.1. The van der Waals surface area contributed by atoms with Crippen LogP contribution < -0.4 is 10.2 Å². The molecule has 0 aromatic carbocycles. The zero-order chi connectivity index (χ0) is 20.7. The number of nitrogens with one attached hydrogen (secondary N) is 1. The van der Waals surface area contributed by atoms with E-state index in [4.69, 9.17) is 0 Å². The number of thiophene rings is 1. The predicted molar refractivity (Wildman–Crippen MR) is 123 cm³/mol. The molecule has 2 heterocycles. The fraction of sp³-hybridized carbons (Fsp3) is 0.381. The van der Waals surface area contributed by atoms with Gasteiger partial charge in [0, 0.05) is 26.5 Å². The van der Waals surface area contributed by atoms with Gasteiger partial charge in [0.1, 0.15) is 4.83 Å². The van der Waals surface area contributed by atoms with Gasteiger partial charge in [0.25, 0.3) is 0 Å². The van der Waals surface area contributed by atoms with E-state index in [1.54, 1.807) is 18.7 Å². The van der Waals surface area contributed by atoms with Crippen LogP contribution in [0.3, 0.4) is 0 Å². The van der Waals surface area contributed by atoms with Gasteiger partial charge in [-0.1, -0.05) is 39.0 Å². The molecule has 0 radical (unpaired) electrons. The first kappa shape index (κ1) is 24.5. The van der Waals surface area contributed by atoms with E-state index in [9.17, 15) is 4.79 Å². The van der Waals surface area contributed by atoms with Crippen molar-refractivity contribution in [2.75, 3.05) is 24.3 Å². The van der Waals surface area contributed by atoms with Gasteiger partial charge in [0.2, 0.25) is 0 Å². The van der Waals surface area contributed by atoms with Crippen LogP contribution in [-0.4, -0.2) is 31.7 Å². The summed E-state index contributed by atoms with van der Waals surface area (Å²) in [5.74, 6) is 0. The molecule has 2 rings (SSSR count). The zero-order valence-corrected chi connectivity index (χ0v) is 18.3. The first-order valence-electron chi connectivity index (χ1n) is 9.15. The third-order valence-electron chi connectivity index (χ3n) is 3.18. The van der Waals surface area contributed by atoms with Crippen molar-refractivity contribution in [2.45, 2.75) is 41.0 Å². The molecule has 0 saturated carbocycles.